The molecule has 2 aromatic carbocycles. The highest BCUT2D eigenvalue weighted by Crippen LogP contribution is 2.29. The molecule has 27 heavy (non-hydrogen) atoms. The minimum absolute atomic E-state index is 0.105. The van der Waals surface area contributed by atoms with E-state index in [1.165, 1.54) is 21.0 Å². The van der Waals surface area contributed by atoms with E-state index in [0.717, 1.165) is 0 Å². The lowest BCUT2D eigenvalue weighted by molar-refractivity contribution is -0.118. The summed E-state index contributed by atoms with van der Waals surface area (Å²) in [5.41, 5.74) is 1.32. The zero-order valence-corrected chi connectivity index (χ0v) is 15.8. The fourth-order valence-corrected chi connectivity index (χ4v) is 2.40. The maximum atomic E-state index is 12.2. The normalized spacial score (nSPS) is 10.1. The second-order valence-electron chi connectivity index (χ2n) is 5.63. The number of halogens is 1. The number of hydrogen-bond donors (Lipinski definition) is 2. The average molecular weight is 391 g/mol. The standard InChI is InChI=1S/C19H19ClN2O5/c1-11(23)13-4-7-17(18(8-13)26-3)27-10-19(25)22-16-9-14(21-12(2)24)5-6-15(16)20/h4-9H,10H2,1-3H3,(H,21,24)(H,22,25). The lowest BCUT2D eigenvalue weighted by Crippen LogP contribution is -2.20. The first-order chi connectivity index (χ1) is 12.8. The van der Waals surface area contributed by atoms with Gasteiger partial charge in [0.25, 0.3) is 5.91 Å². The summed E-state index contributed by atoms with van der Waals surface area (Å²) < 4.78 is 10.7. The van der Waals surface area contributed by atoms with Crippen molar-refractivity contribution >= 4 is 40.6 Å². The number of rotatable bonds is 7. The minimum atomic E-state index is -0.449. The van der Waals surface area contributed by atoms with Gasteiger partial charge < -0.3 is 20.1 Å². The van der Waals surface area contributed by atoms with Gasteiger partial charge in [-0.1, -0.05) is 11.6 Å². The van der Waals surface area contributed by atoms with Crippen LogP contribution in [-0.4, -0.2) is 31.3 Å². The molecule has 0 aliphatic heterocycles. The molecule has 0 unspecified atom stereocenters. The van der Waals surface area contributed by atoms with Crippen LogP contribution in [0.2, 0.25) is 5.02 Å². The predicted molar refractivity (Wildman–Crippen MR) is 103 cm³/mol. The van der Waals surface area contributed by atoms with Crippen LogP contribution in [0.15, 0.2) is 36.4 Å². The van der Waals surface area contributed by atoms with Crippen molar-refractivity contribution in [1.29, 1.82) is 0 Å². The highest BCUT2D eigenvalue weighted by atomic mass is 35.5. The molecule has 0 aromatic heterocycles. The van der Waals surface area contributed by atoms with E-state index in [2.05, 4.69) is 10.6 Å². The molecule has 0 atom stereocenters. The molecule has 2 amide bonds. The molecule has 2 aromatic rings. The molecule has 0 saturated carbocycles. The fourth-order valence-electron chi connectivity index (χ4n) is 2.24. The Morgan fingerprint density at radius 3 is 2.37 bits per heavy atom. The van der Waals surface area contributed by atoms with Crippen molar-refractivity contribution in [2.45, 2.75) is 13.8 Å². The number of Topliss-reactive ketones (excluding diaryl/α,β-unsaturated/α-hetero) is 1. The Bertz CT molecular complexity index is 882. The molecule has 0 heterocycles. The number of carbonyl (C=O) groups excluding carboxylic acids is 3. The Morgan fingerprint density at radius 1 is 1.00 bits per heavy atom. The number of methoxy groups -OCH3 is 1. The third kappa shape index (κ3) is 5.72. The molecule has 8 heteroatoms. The summed E-state index contributed by atoms with van der Waals surface area (Å²) >= 11 is 6.07. The maximum absolute atomic E-state index is 12.2. The van der Waals surface area contributed by atoms with Gasteiger partial charge in [0.05, 0.1) is 17.8 Å². The quantitative estimate of drug-likeness (QED) is 0.705. The SMILES string of the molecule is COc1cc(C(C)=O)ccc1OCC(=O)Nc1cc(NC(C)=O)ccc1Cl. The zero-order valence-electron chi connectivity index (χ0n) is 15.1. The van der Waals surface area contributed by atoms with E-state index in [-0.39, 0.29) is 18.3 Å². The van der Waals surface area contributed by atoms with E-state index in [0.29, 0.717) is 33.5 Å². The second-order valence-corrected chi connectivity index (χ2v) is 6.04. The van der Waals surface area contributed by atoms with Gasteiger partial charge in [-0.2, -0.15) is 0 Å². The van der Waals surface area contributed by atoms with E-state index in [1.54, 1.807) is 36.4 Å². The van der Waals surface area contributed by atoms with Gasteiger partial charge in [0.15, 0.2) is 23.9 Å². The lowest BCUT2D eigenvalue weighted by atomic mass is 10.1. The molecule has 142 valence electrons. The zero-order chi connectivity index (χ0) is 20.0. The van der Waals surface area contributed by atoms with Crippen LogP contribution < -0.4 is 20.1 Å². The second kappa shape index (κ2) is 9.05. The largest absolute Gasteiger partial charge is 0.493 e. The van der Waals surface area contributed by atoms with Gasteiger partial charge in [-0.05, 0) is 43.3 Å². The van der Waals surface area contributed by atoms with E-state index in [9.17, 15) is 14.4 Å². The first-order valence-corrected chi connectivity index (χ1v) is 8.36. The Balaban J connectivity index is 2.04. The third-order valence-corrected chi connectivity index (χ3v) is 3.82. The van der Waals surface area contributed by atoms with Crippen molar-refractivity contribution in [2.24, 2.45) is 0 Å². The van der Waals surface area contributed by atoms with Crippen LogP contribution in [-0.2, 0) is 9.59 Å². The maximum Gasteiger partial charge on any atom is 0.262 e. The number of benzene rings is 2. The molecule has 0 spiro atoms. The molecule has 0 aliphatic carbocycles. The molecular weight excluding hydrogens is 372 g/mol. The monoisotopic (exact) mass is 390 g/mol. The van der Waals surface area contributed by atoms with E-state index in [1.807, 2.05) is 0 Å². The van der Waals surface area contributed by atoms with Gasteiger partial charge in [0.2, 0.25) is 5.91 Å². The molecule has 2 rings (SSSR count). The van der Waals surface area contributed by atoms with Crippen molar-refractivity contribution in [3.8, 4) is 11.5 Å². The van der Waals surface area contributed by atoms with Crippen molar-refractivity contribution in [1.82, 2.24) is 0 Å². The van der Waals surface area contributed by atoms with Crippen LogP contribution in [0.3, 0.4) is 0 Å². The molecule has 0 saturated heterocycles. The van der Waals surface area contributed by atoms with Gasteiger partial charge in [0, 0.05) is 18.2 Å². The number of nitrogens with one attached hydrogen (secondary N) is 2. The van der Waals surface area contributed by atoms with Gasteiger partial charge in [-0.3, -0.25) is 14.4 Å². The number of anilines is 2. The molecule has 0 aliphatic rings. The number of hydrogen-bond acceptors (Lipinski definition) is 5. The van der Waals surface area contributed by atoms with E-state index >= 15 is 0 Å². The number of ether oxygens (including phenoxy) is 2. The Kier molecular flexibility index (Phi) is 6.79. The molecule has 0 bridgehead atoms. The van der Waals surface area contributed by atoms with Crippen LogP contribution in [0.4, 0.5) is 11.4 Å². The Labute approximate surface area is 161 Å². The van der Waals surface area contributed by atoms with Gasteiger partial charge in [-0.15, -0.1) is 0 Å². The highest BCUT2D eigenvalue weighted by molar-refractivity contribution is 6.33. The van der Waals surface area contributed by atoms with Crippen molar-refractivity contribution in [3.05, 3.63) is 47.0 Å². The highest BCUT2D eigenvalue weighted by Gasteiger charge is 2.12. The van der Waals surface area contributed by atoms with E-state index < -0.39 is 5.91 Å². The molecule has 7 nitrogen and oxygen atoms in total. The van der Waals surface area contributed by atoms with Crippen LogP contribution in [0.1, 0.15) is 24.2 Å². The smallest absolute Gasteiger partial charge is 0.262 e. The number of ketones is 1. The summed E-state index contributed by atoms with van der Waals surface area (Å²) in [6.07, 6.45) is 0. The van der Waals surface area contributed by atoms with Crippen LogP contribution >= 0.6 is 11.6 Å². The first kappa shape index (κ1) is 20.3. The van der Waals surface area contributed by atoms with Gasteiger partial charge in [0.1, 0.15) is 0 Å². The Hall–Kier alpha value is -3.06. The third-order valence-electron chi connectivity index (χ3n) is 3.49. The van der Waals surface area contributed by atoms with Crippen LogP contribution in [0.25, 0.3) is 0 Å². The summed E-state index contributed by atoms with van der Waals surface area (Å²) in [5, 5.41) is 5.55. The number of amides is 2. The van der Waals surface area contributed by atoms with Crippen molar-refractivity contribution in [3.63, 3.8) is 0 Å². The van der Waals surface area contributed by atoms with Crippen LogP contribution in [0.5, 0.6) is 11.5 Å². The van der Waals surface area contributed by atoms with Gasteiger partial charge >= 0.3 is 0 Å². The average Bonchev–Trinajstić information content (AvgIpc) is 2.62. The summed E-state index contributed by atoms with van der Waals surface area (Å²) in [7, 11) is 1.44. The molecule has 0 fully saturated rings. The number of carbonyl (C=O) groups is 3. The summed E-state index contributed by atoms with van der Waals surface area (Å²) in [6, 6.07) is 9.43. The molecule has 0 radical (unpaired) electrons. The van der Waals surface area contributed by atoms with Crippen LogP contribution in [0, 0.1) is 0 Å². The topological polar surface area (TPSA) is 93.7 Å². The summed E-state index contributed by atoms with van der Waals surface area (Å²) in [4.78, 5) is 34.7. The minimum Gasteiger partial charge on any atom is -0.493 e. The summed E-state index contributed by atoms with van der Waals surface area (Å²) in [6.45, 7) is 2.53. The summed E-state index contributed by atoms with van der Waals surface area (Å²) in [5.74, 6) is -0.114. The lowest BCUT2D eigenvalue weighted by Gasteiger charge is -2.13. The fraction of sp³-hybridized carbons (Fsp3) is 0.211. The molecule has 2 N–H and O–H groups in total. The van der Waals surface area contributed by atoms with E-state index in [4.69, 9.17) is 21.1 Å². The van der Waals surface area contributed by atoms with Crippen molar-refractivity contribution < 1.29 is 23.9 Å². The first-order valence-electron chi connectivity index (χ1n) is 7.99. The molecular formula is C19H19ClN2O5. The van der Waals surface area contributed by atoms with Crippen molar-refractivity contribution in [2.75, 3.05) is 24.4 Å². The Morgan fingerprint density at radius 2 is 1.74 bits per heavy atom. The van der Waals surface area contributed by atoms with Gasteiger partial charge in [-0.25, -0.2) is 0 Å². The predicted octanol–water partition coefficient (Wildman–Crippen LogP) is 3.53.